The van der Waals surface area contributed by atoms with Crippen LogP contribution in [-0.4, -0.2) is 54.0 Å². The van der Waals surface area contributed by atoms with Crippen LogP contribution in [0.2, 0.25) is 0 Å². The van der Waals surface area contributed by atoms with Gasteiger partial charge in [0.25, 0.3) is 0 Å². The van der Waals surface area contributed by atoms with Crippen molar-refractivity contribution < 1.29 is 4.79 Å². The van der Waals surface area contributed by atoms with Gasteiger partial charge in [0.15, 0.2) is 0 Å². The van der Waals surface area contributed by atoms with Gasteiger partial charge >= 0.3 is 0 Å². The van der Waals surface area contributed by atoms with Crippen LogP contribution in [0, 0.1) is 0 Å². The van der Waals surface area contributed by atoms with Crippen molar-refractivity contribution in [2.75, 3.05) is 42.5 Å². The minimum atomic E-state index is 0.721. The molecule has 6 heteroatoms. The molecular weight excluding hydrogens is 302 g/mol. The Morgan fingerprint density at radius 3 is 2.54 bits per heavy atom. The molecule has 0 spiro atoms. The maximum absolute atomic E-state index is 10.8. The number of nitrogens with zero attached hydrogens (tertiary/aromatic N) is 5. The van der Waals surface area contributed by atoms with Crippen LogP contribution in [0.1, 0.15) is 12.5 Å². The molecule has 2 aromatic rings. The first-order valence-corrected chi connectivity index (χ1v) is 8.36. The molecule has 0 unspecified atom stereocenters. The van der Waals surface area contributed by atoms with Crippen LogP contribution < -0.4 is 9.80 Å². The van der Waals surface area contributed by atoms with E-state index in [1.807, 2.05) is 18.3 Å². The van der Waals surface area contributed by atoms with Crippen LogP contribution in [0.5, 0.6) is 0 Å². The second-order valence-corrected chi connectivity index (χ2v) is 5.84. The molecular formula is C18H23N5O. The summed E-state index contributed by atoms with van der Waals surface area (Å²) >= 11 is 0. The number of anilines is 2. The van der Waals surface area contributed by atoms with E-state index < -0.39 is 0 Å². The van der Waals surface area contributed by atoms with Crippen molar-refractivity contribution in [1.29, 1.82) is 0 Å². The first-order chi connectivity index (χ1) is 11.8. The lowest BCUT2D eigenvalue weighted by atomic mass is 10.2. The van der Waals surface area contributed by atoms with Crippen LogP contribution in [0.25, 0.3) is 0 Å². The predicted molar refractivity (Wildman–Crippen MR) is 95.0 cm³/mol. The first kappa shape index (κ1) is 16.2. The smallest absolute Gasteiger partial charge is 0.227 e. The molecule has 1 amide bonds. The summed E-state index contributed by atoms with van der Waals surface area (Å²) in [6.45, 7) is 6.82. The van der Waals surface area contributed by atoms with Gasteiger partial charge < -0.3 is 14.7 Å². The van der Waals surface area contributed by atoms with E-state index in [0.29, 0.717) is 0 Å². The average molecular weight is 325 g/mol. The van der Waals surface area contributed by atoms with Gasteiger partial charge in [-0.3, -0.25) is 4.79 Å². The van der Waals surface area contributed by atoms with Crippen LogP contribution in [0.15, 0.2) is 42.6 Å². The molecule has 1 aromatic carbocycles. The third kappa shape index (κ3) is 3.82. The number of hydrogen-bond acceptors (Lipinski definition) is 5. The van der Waals surface area contributed by atoms with E-state index in [1.165, 1.54) is 5.56 Å². The summed E-state index contributed by atoms with van der Waals surface area (Å²) in [4.78, 5) is 26.2. The molecule has 1 aliphatic rings. The molecule has 0 N–H and O–H groups in total. The minimum absolute atomic E-state index is 0.721. The second kappa shape index (κ2) is 7.77. The summed E-state index contributed by atoms with van der Waals surface area (Å²) < 4.78 is 0. The van der Waals surface area contributed by atoms with Crippen LogP contribution >= 0.6 is 0 Å². The lowest BCUT2D eigenvalue weighted by molar-refractivity contribution is -0.118. The topological polar surface area (TPSA) is 52.6 Å². The number of rotatable bonds is 6. The lowest BCUT2D eigenvalue weighted by Crippen LogP contribution is -2.46. The van der Waals surface area contributed by atoms with E-state index >= 15 is 0 Å². The molecule has 0 bridgehead atoms. The van der Waals surface area contributed by atoms with Crippen molar-refractivity contribution in [3.63, 3.8) is 0 Å². The SMILES string of the molecule is CCN(Cc1ccccc1)c1ccnc(N2CCN(C=O)CC2)n1. The van der Waals surface area contributed by atoms with Crippen molar-refractivity contribution in [2.45, 2.75) is 13.5 Å². The highest BCUT2D eigenvalue weighted by molar-refractivity contribution is 5.49. The zero-order valence-electron chi connectivity index (χ0n) is 14.0. The lowest BCUT2D eigenvalue weighted by Gasteiger charge is -2.33. The molecule has 0 aliphatic carbocycles. The van der Waals surface area contributed by atoms with Crippen LogP contribution in [0.4, 0.5) is 11.8 Å². The molecule has 0 saturated carbocycles. The monoisotopic (exact) mass is 325 g/mol. The number of amides is 1. The van der Waals surface area contributed by atoms with E-state index in [-0.39, 0.29) is 0 Å². The summed E-state index contributed by atoms with van der Waals surface area (Å²) in [5, 5.41) is 0. The molecule has 2 heterocycles. The van der Waals surface area contributed by atoms with Gasteiger partial charge in [0.1, 0.15) is 5.82 Å². The molecule has 1 saturated heterocycles. The highest BCUT2D eigenvalue weighted by atomic mass is 16.1. The van der Waals surface area contributed by atoms with Gasteiger partial charge in [-0.25, -0.2) is 4.98 Å². The summed E-state index contributed by atoms with van der Waals surface area (Å²) in [7, 11) is 0. The molecule has 1 fully saturated rings. The van der Waals surface area contributed by atoms with Gasteiger partial charge in [-0.2, -0.15) is 4.98 Å². The van der Waals surface area contributed by atoms with Gasteiger partial charge in [-0.1, -0.05) is 30.3 Å². The fourth-order valence-corrected chi connectivity index (χ4v) is 2.85. The van der Waals surface area contributed by atoms with Crippen LogP contribution in [-0.2, 0) is 11.3 Å². The second-order valence-electron chi connectivity index (χ2n) is 5.84. The molecule has 24 heavy (non-hydrogen) atoms. The average Bonchev–Trinajstić information content (AvgIpc) is 2.67. The third-order valence-corrected chi connectivity index (χ3v) is 4.30. The fourth-order valence-electron chi connectivity index (χ4n) is 2.85. The van der Waals surface area contributed by atoms with E-state index in [0.717, 1.165) is 57.4 Å². The third-order valence-electron chi connectivity index (χ3n) is 4.30. The number of piperazine rings is 1. The van der Waals surface area contributed by atoms with E-state index in [2.05, 4.69) is 46.0 Å². The number of hydrogen-bond donors (Lipinski definition) is 0. The Kier molecular flexibility index (Phi) is 5.25. The van der Waals surface area contributed by atoms with Gasteiger partial charge in [0.05, 0.1) is 0 Å². The fraction of sp³-hybridized carbons (Fsp3) is 0.389. The van der Waals surface area contributed by atoms with Gasteiger partial charge in [-0.15, -0.1) is 0 Å². The van der Waals surface area contributed by atoms with Crippen LogP contribution in [0.3, 0.4) is 0 Å². The quantitative estimate of drug-likeness (QED) is 0.758. The van der Waals surface area contributed by atoms with E-state index in [9.17, 15) is 4.79 Å². The predicted octanol–water partition coefficient (Wildman–Crippen LogP) is 1.78. The highest BCUT2D eigenvalue weighted by Gasteiger charge is 2.18. The summed E-state index contributed by atoms with van der Waals surface area (Å²) in [6.07, 6.45) is 2.73. The number of carbonyl (C=O) groups is 1. The number of benzene rings is 1. The number of aromatic nitrogens is 2. The highest BCUT2D eigenvalue weighted by Crippen LogP contribution is 2.18. The molecule has 1 aliphatic heterocycles. The molecule has 126 valence electrons. The largest absolute Gasteiger partial charge is 0.352 e. The summed E-state index contributed by atoms with van der Waals surface area (Å²) in [5.41, 5.74) is 1.26. The Bertz CT molecular complexity index is 655. The van der Waals surface area contributed by atoms with Gasteiger partial charge in [-0.05, 0) is 18.6 Å². The minimum Gasteiger partial charge on any atom is -0.352 e. The van der Waals surface area contributed by atoms with Crippen molar-refractivity contribution in [3.05, 3.63) is 48.2 Å². The Labute approximate surface area is 142 Å². The van der Waals surface area contributed by atoms with Crippen molar-refractivity contribution in [2.24, 2.45) is 0 Å². The Morgan fingerprint density at radius 2 is 1.88 bits per heavy atom. The van der Waals surface area contributed by atoms with E-state index in [4.69, 9.17) is 4.98 Å². The molecule has 0 atom stereocenters. The van der Waals surface area contributed by atoms with E-state index in [1.54, 1.807) is 4.90 Å². The van der Waals surface area contributed by atoms with Crippen molar-refractivity contribution in [1.82, 2.24) is 14.9 Å². The Balaban J connectivity index is 1.73. The maximum atomic E-state index is 10.8. The Hall–Kier alpha value is -2.63. The first-order valence-electron chi connectivity index (χ1n) is 8.36. The molecule has 3 rings (SSSR count). The number of carbonyl (C=O) groups excluding carboxylic acids is 1. The maximum Gasteiger partial charge on any atom is 0.227 e. The molecule has 0 radical (unpaired) electrons. The van der Waals surface area contributed by atoms with Crippen molar-refractivity contribution >= 4 is 18.2 Å². The zero-order chi connectivity index (χ0) is 16.8. The van der Waals surface area contributed by atoms with Gasteiger partial charge in [0.2, 0.25) is 12.4 Å². The Morgan fingerprint density at radius 1 is 1.12 bits per heavy atom. The normalized spacial score (nSPS) is 14.5. The summed E-state index contributed by atoms with van der Waals surface area (Å²) in [5.74, 6) is 1.67. The van der Waals surface area contributed by atoms with Crippen molar-refractivity contribution in [3.8, 4) is 0 Å². The van der Waals surface area contributed by atoms with Gasteiger partial charge in [0, 0.05) is 45.5 Å². The molecule has 6 nitrogen and oxygen atoms in total. The zero-order valence-corrected chi connectivity index (χ0v) is 14.0. The molecule has 1 aromatic heterocycles. The standard InChI is InChI=1S/C18H23N5O/c1-2-22(14-16-6-4-3-5-7-16)17-8-9-19-18(20-17)23-12-10-21(15-24)11-13-23/h3-9,15H,2,10-14H2,1H3. The summed E-state index contributed by atoms with van der Waals surface area (Å²) in [6, 6.07) is 12.4.